The van der Waals surface area contributed by atoms with E-state index in [9.17, 15) is 19.2 Å². The second kappa shape index (κ2) is 7.64. The number of hydrogen-bond acceptors (Lipinski definition) is 7. The summed E-state index contributed by atoms with van der Waals surface area (Å²) in [5, 5.41) is 12.1. The van der Waals surface area contributed by atoms with Crippen molar-refractivity contribution in [3.8, 4) is 0 Å². The molecule has 0 aromatic carbocycles. The molecule has 1 aromatic heterocycles. The molecule has 0 aliphatic carbocycles. The average Bonchev–Trinajstić information content (AvgIpc) is 2.91. The van der Waals surface area contributed by atoms with Crippen molar-refractivity contribution in [2.75, 3.05) is 6.61 Å². The van der Waals surface area contributed by atoms with E-state index in [4.69, 9.17) is 20.1 Å². The summed E-state index contributed by atoms with van der Waals surface area (Å²) < 4.78 is 11.5. The minimum atomic E-state index is -1.34. The normalized spacial score (nSPS) is 22.2. The van der Waals surface area contributed by atoms with Crippen LogP contribution in [0.25, 0.3) is 10.4 Å². The molecule has 134 valence electrons. The molecule has 12 nitrogen and oxygen atoms in total. The van der Waals surface area contributed by atoms with Crippen molar-refractivity contribution >= 4 is 11.9 Å². The van der Waals surface area contributed by atoms with Crippen molar-refractivity contribution < 1.29 is 24.2 Å². The first-order chi connectivity index (χ1) is 11.8. The zero-order valence-corrected chi connectivity index (χ0v) is 13.1. The first-order valence-corrected chi connectivity index (χ1v) is 7.21. The Morgan fingerprint density at radius 2 is 2.28 bits per heavy atom. The number of hydrogen-bond donors (Lipinski definition) is 2. The van der Waals surface area contributed by atoms with Gasteiger partial charge in [-0.25, -0.2) is 4.79 Å². The summed E-state index contributed by atoms with van der Waals surface area (Å²) in [6.45, 7) is 1.18. The van der Waals surface area contributed by atoms with Gasteiger partial charge in [0.05, 0.1) is 6.04 Å². The quantitative estimate of drug-likeness (QED) is 0.234. The SMILES string of the molecule is Cc1cn([C@H]2C[C@H](N=[N+]=[N-])[C@@H](COC(=O)CC(=O)O)O2)c(=O)[nH]c1=O. The number of ether oxygens (including phenoxy) is 2. The van der Waals surface area contributed by atoms with Crippen LogP contribution in [0.15, 0.2) is 20.9 Å². The van der Waals surface area contributed by atoms with Gasteiger partial charge in [-0.05, 0) is 12.5 Å². The summed E-state index contributed by atoms with van der Waals surface area (Å²) in [5.41, 5.74) is 7.71. The van der Waals surface area contributed by atoms with E-state index in [1.54, 1.807) is 0 Å². The fourth-order valence-electron chi connectivity index (χ4n) is 2.37. The predicted molar refractivity (Wildman–Crippen MR) is 80.7 cm³/mol. The first-order valence-electron chi connectivity index (χ1n) is 7.21. The number of aryl methyl sites for hydroxylation is 1. The number of carbonyl (C=O) groups is 2. The zero-order chi connectivity index (χ0) is 18.6. The number of H-pyrrole nitrogens is 1. The number of esters is 1. The third-order valence-corrected chi connectivity index (χ3v) is 3.56. The third-order valence-electron chi connectivity index (χ3n) is 3.56. The Labute approximate surface area is 139 Å². The van der Waals surface area contributed by atoms with Gasteiger partial charge in [0, 0.05) is 23.1 Å². The Hall–Kier alpha value is -3.11. The van der Waals surface area contributed by atoms with Crippen molar-refractivity contribution in [2.45, 2.75) is 38.1 Å². The lowest BCUT2D eigenvalue weighted by molar-refractivity contribution is -0.154. The van der Waals surface area contributed by atoms with Crippen LogP contribution in [-0.2, 0) is 19.1 Å². The number of carboxylic acids is 1. The molecule has 1 aromatic rings. The highest BCUT2D eigenvalue weighted by molar-refractivity contribution is 5.90. The van der Waals surface area contributed by atoms with Crippen molar-refractivity contribution in [1.82, 2.24) is 9.55 Å². The van der Waals surface area contributed by atoms with Crippen molar-refractivity contribution in [3.63, 3.8) is 0 Å². The average molecular weight is 353 g/mol. The van der Waals surface area contributed by atoms with Gasteiger partial charge in [-0.2, -0.15) is 0 Å². The summed E-state index contributed by atoms with van der Waals surface area (Å²) in [6, 6.07) is -0.730. The van der Waals surface area contributed by atoms with Crippen molar-refractivity contribution in [2.24, 2.45) is 5.11 Å². The summed E-state index contributed by atoms with van der Waals surface area (Å²) in [7, 11) is 0. The largest absolute Gasteiger partial charge is 0.481 e. The molecule has 1 fully saturated rings. The van der Waals surface area contributed by atoms with E-state index in [-0.39, 0.29) is 13.0 Å². The third kappa shape index (κ3) is 4.46. The fourth-order valence-corrected chi connectivity index (χ4v) is 2.37. The van der Waals surface area contributed by atoms with Crippen LogP contribution in [0.4, 0.5) is 0 Å². The number of nitrogens with zero attached hydrogens (tertiary/aromatic N) is 4. The molecule has 0 spiro atoms. The summed E-state index contributed by atoms with van der Waals surface area (Å²) >= 11 is 0. The van der Waals surface area contributed by atoms with Gasteiger partial charge in [-0.3, -0.25) is 23.9 Å². The number of aromatic amines is 1. The van der Waals surface area contributed by atoms with Gasteiger partial charge in [0.1, 0.15) is 25.4 Å². The van der Waals surface area contributed by atoms with E-state index in [1.807, 2.05) is 0 Å². The topological polar surface area (TPSA) is 176 Å². The van der Waals surface area contributed by atoms with E-state index in [2.05, 4.69) is 15.0 Å². The Morgan fingerprint density at radius 1 is 1.56 bits per heavy atom. The number of rotatable bonds is 6. The molecule has 2 rings (SSSR count). The van der Waals surface area contributed by atoms with Crippen molar-refractivity contribution in [1.29, 1.82) is 0 Å². The number of azide groups is 1. The van der Waals surface area contributed by atoms with Crippen LogP contribution >= 0.6 is 0 Å². The van der Waals surface area contributed by atoms with E-state index in [0.717, 1.165) is 4.57 Å². The Morgan fingerprint density at radius 3 is 2.92 bits per heavy atom. The number of carboxylic acid groups (broad SMARTS) is 1. The highest BCUT2D eigenvalue weighted by atomic mass is 16.6. The molecule has 12 heteroatoms. The van der Waals surface area contributed by atoms with Gasteiger partial charge >= 0.3 is 17.6 Å². The van der Waals surface area contributed by atoms with Crippen LogP contribution in [0.5, 0.6) is 0 Å². The van der Waals surface area contributed by atoms with Crippen LogP contribution in [0.2, 0.25) is 0 Å². The van der Waals surface area contributed by atoms with E-state index in [1.165, 1.54) is 13.1 Å². The number of aromatic nitrogens is 2. The summed E-state index contributed by atoms with van der Waals surface area (Å²) in [5.74, 6) is -2.30. The van der Waals surface area contributed by atoms with E-state index >= 15 is 0 Å². The molecule has 1 saturated heterocycles. The summed E-state index contributed by atoms with van der Waals surface area (Å²) in [6.07, 6.45) is -1.05. The van der Waals surface area contributed by atoms with E-state index < -0.39 is 48.0 Å². The van der Waals surface area contributed by atoms with Crippen LogP contribution in [0, 0.1) is 6.92 Å². The maximum absolute atomic E-state index is 11.9. The second-order valence-electron chi connectivity index (χ2n) is 5.37. The lowest BCUT2D eigenvalue weighted by Crippen LogP contribution is -2.33. The fraction of sp³-hybridized carbons (Fsp3) is 0.538. The minimum Gasteiger partial charge on any atom is -0.481 e. The molecule has 0 saturated carbocycles. The van der Waals surface area contributed by atoms with Gasteiger partial charge < -0.3 is 14.6 Å². The smallest absolute Gasteiger partial charge is 0.330 e. The monoisotopic (exact) mass is 353 g/mol. The molecule has 0 amide bonds. The maximum Gasteiger partial charge on any atom is 0.330 e. The molecule has 3 atom stereocenters. The Bertz CT molecular complexity index is 838. The molecule has 25 heavy (non-hydrogen) atoms. The van der Waals surface area contributed by atoms with Crippen LogP contribution in [0.1, 0.15) is 24.6 Å². The first kappa shape index (κ1) is 18.2. The number of aliphatic carboxylic acids is 1. The molecule has 1 aliphatic heterocycles. The predicted octanol–water partition coefficient (Wildman–Crippen LogP) is -0.171. The molecule has 0 unspecified atom stereocenters. The molecule has 2 N–H and O–H groups in total. The van der Waals surface area contributed by atoms with Crippen LogP contribution < -0.4 is 11.2 Å². The lowest BCUT2D eigenvalue weighted by atomic mass is 10.1. The van der Waals surface area contributed by atoms with Crippen molar-refractivity contribution in [3.05, 3.63) is 43.0 Å². The zero-order valence-electron chi connectivity index (χ0n) is 13.1. The van der Waals surface area contributed by atoms with Crippen LogP contribution in [0.3, 0.4) is 0 Å². The van der Waals surface area contributed by atoms with Crippen LogP contribution in [-0.4, -0.2) is 45.3 Å². The van der Waals surface area contributed by atoms with E-state index in [0.29, 0.717) is 5.56 Å². The van der Waals surface area contributed by atoms with Gasteiger partial charge in [0.2, 0.25) is 0 Å². The Balaban J connectivity index is 2.14. The van der Waals surface area contributed by atoms with Gasteiger partial charge in [-0.15, -0.1) is 0 Å². The second-order valence-corrected chi connectivity index (χ2v) is 5.37. The standard InChI is InChI=1S/C13H15N5O7/c1-6-4-18(13(23)15-12(6)22)9-2-7(16-17-14)8(25-9)5-24-11(21)3-10(19)20/h4,7-9H,2-3,5H2,1H3,(H,19,20)(H,15,22,23)/t7-,8+,9+/m0/s1. The summed E-state index contributed by atoms with van der Waals surface area (Å²) in [4.78, 5) is 49.9. The molecule has 0 radical (unpaired) electrons. The number of carbonyl (C=O) groups excluding carboxylic acids is 1. The molecular formula is C13H15N5O7. The number of nitrogens with one attached hydrogen (secondary N) is 1. The minimum absolute atomic E-state index is 0.122. The maximum atomic E-state index is 11.9. The molecule has 1 aliphatic rings. The lowest BCUT2D eigenvalue weighted by Gasteiger charge is -2.16. The van der Waals surface area contributed by atoms with Gasteiger partial charge in [0.25, 0.3) is 5.56 Å². The molecule has 2 heterocycles. The molecular weight excluding hydrogens is 338 g/mol. The Kier molecular flexibility index (Phi) is 5.57. The van der Waals surface area contributed by atoms with Gasteiger partial charge in [0.15, 0.2) is 0 Å². The highest BCUT2D eigenvalue weighted by Gasteiger charge is 2.37. The highest BCUT2D eigenvalue weighted by Crippen LogP contribution is 2.30. The molecule has 0 bridgehead atoms. The van der Waals surface area contributed by atoms with Gasteiger partial charge in [-0.1, -0.05) is 5.11 Å².